The number of hydrogen-bond donors (Lipinski definition) is 0. The molecule has 0 aromatic rings. The Labute approximate surface area is 89.0 Å². The van der Waals surface area contributed by atoms with Gasteiger partial charge in [-0.15, -0.1) is 0 Å². The molecular weight excluding hydrogens is 174 g/mol. The molecule has 0 N–H and O–H groups in total. The zero-order chi connectivity index (χ0) is 10.6. The van der Waals surface area contributed by atoms with Crippen molar-refractivity contribution in [1.82, 2.24) is 0 Å². The highest BCUT2D eigenvalue weighted by molar-refractivity contribution is 6.54. The lowest BCUT2D eigenvalue weighted by molar-refractivity contribution is -0.221. The van der Waals surface area contributed by atoms with Crippen LogP contribution in [-0.2, 0) is 9.69 Å². The van der Waals surface area contributed by atoms with Gasteiger partial charge in [-0.2, -0.15) is 0 Å². The molecule has 80 valence electrons. The molecule has 0 aromatic heterocycles. The average Bonchev–Trinajstić information content (AvgIpc) is 2.75. The lowest BCUT2D eigenvalue weighted by atomic mass is 9.48. The third-order valence-corrected chi connectivity index (χ3v) is 3.69. The Morgan fingerprint density at radius 2 is 1.86 bits per heavy atom. The predicted molar refractivity (Wildman–Crippen MR) is 63.3 cm³/mol. The highest BCUT2D eigenvalue weighted by Crippen LogP contribution is 2.40. The average molecular weight is 196 g/mol. The van der Waals surface area contributed by atoms with Crippen LogP contribution >= 0.6 is 0 Å². The number of rotatable bonds is 0. The van der Waals surface area contributed by atoms with E-state index in [4.69, 9.17) is 9.69 Å². The first-order valence-electron chi connectivity index (χ1n) is 5.87. The highest BCUT2D eigenvalue weighted by atomic mass is 17.2. The third kappa shape index (κ3) is 3.03. The monoisotopic (exact) mass is 196 g/mol. The molecule has 0 aliphatic carbocycles. The zero-order valence-corrected chi connectivity index (χ0v) is 10.0. The molecule has 2 nitrogen and oxygen atoms in total. The van der Waals surface area contributed by atoms with Gasteiger partial charge < -0.3 is 4.81 Å². The Bertz CT molecular complexity index is 150. The molecule has 0 amide bonds. The minimum absolute atomic E-state index is 0.167. The first-order valence-corrected chi connectivity index (χ1v) is 5.87. The third-order valence-electron chi connectivity index (χ3n) is 3.69. The second-order valence-electron chi connectivity index (χ2n) is 5.07. The lowest BCUT2D eigenvalue weighted by Crippen LogP contribution is -2.25. The lowest BCUT2D eigenvalue weighted by Gasteiger charge is -2.19. The van der Waals surface area contributed by atoms with Crippen molar-refractivity contribution in [2.45, 2.75) is 64.5 Å². The Hall–Kier alpha value is 0.0499. The van der Waals surface area contributed by atoms with Crippen LogP contribution in [0.1, 0.15) is 33.6 Å². The Balaban J connectivity index is 0.000000165. The highest BCUT2D eigenvalue weighted by Gasteiger charge is 2.44. The molecular formula is C10H22B2O2. The van der Waals surface area contributed by atoms with E-state index in [-0.39, 0.29) is 18.3 Å². The second-order valence-corrected chi connectivity index (χ2v) is 5.07. The van der Waals surface area contributed by atoms with E-state index in [1.807, 2.05) is 13.7 Å². The molecule has 2 fully saturated rings. The summed E-state index contributed by atoms with van der Waals surface area (Å²) >= 11 is 0. The maximum atomic E-state index is 4.98. The van der Waals surface area contributed by atoms with Crippen LogP contribution in [0.4, 0.5) is 0 Å². The van der Waals surface area contributed by atoms with Gasteiger partial charge in [0.15, 0.2) is 0 Å². The summed E-state index contributed by atoms with van der Waals surface area (Å²) in [6.07, 6.45) is 6.22. The Morgan fingerprint density at radius 3 is 2.00 bits per heavy atom. The maximum absolute atomic E-state index is 4.98. The van der Waals surface area contributed by atoms with Crippen LogP contribution < -0.4 is 0 Å². The molecule has 4 heteroatoms. The first-order chi connectivity index (χ1) is 6.55. The van der Waals surface area contributed by atoms with E-state index in [1.54, 1.807) is 0 Å². The van der Waals surface area contributed by atoms with E-state index < -0.39 is 0 Å². The molecule has 0 radical (unpaired) electrons. The van der Waals surface area contributed by atoms with Crippen LogP contribution in [0.15, 0.2) is 0 Å². The molecule has 0 saturated carbocycles. The van der Waals surface area contributed by atoms with Crippen molar-refractivity contribution in [1.29, 1.82) is 0 Å². The molecule has 2 aliphatic rings. The van der Waals surface area contributed by atoms with E-state index in [9.17, 15) is 0 Å². The molecule has 2 aliphatic heterocycles. The van der Waals surface area contributed by atoms with Gasteiger partial charge in [0.05, 0.1) is 6.10 Å². The van der Waals surface area contributed by atoms with Crippen molar-refractivity contribution in [3.63, 3.8) is 0 Å². The normalized spacial score (nSPS) is 29.4. The van der Waals surface area contributed by atoms with Crippen molar-refractivity contribution >= 4 is 14.2 Å². The Morgan fingerprint density at radius 1 is 1.29 bits per heavy atom. The van der Waals surface area contributed by atoms with Gasteiger partial charge in [-0.3, -0.25) is 0 Å². The minimum atomic E-state index is 0.167. The standard InChI is InChI=1S/C6H13BO2.C4H9B/c1-5-6(2,3)7(4)9-8-5;1-2-4-5-3-1/h5H,1-4H3;5H,1-4H2. The van der Waals surface area contributed by atoms with E-state index in [0.717, 1.165) is 0 Å². The molecule has 14 heavy (non-hydrogen) atoms. The van der Waals surface area contributed by atoms with Crippen LogP contribution in [0, 0.1) is 0 Å². The summed E-state index contributed by atoms with van der Waals surface area (Å²) < 4.78 is 0. The van der Waals surface area contributed by atoms with Crippen LogP contribution in [0.3, 0.4) is 0 Å². The van der Waals surface area contributed by atoms with E-state index in [0.29, 0.717) is 0 Å². The van der Waals surface area contributed by atoms with Gasteiger partial charge in [0.25, 0.3) is 0 Å². The van der Waals surface area contributed by atoms with E-state index in [1.165, 1.54) is 32.8 Å². The van der Waals surface area contributed by atoms with Crippen LogP contribution in [0.5, 0.6) is 0 Å². The summed E-state index contributed by atoms with van der Waals surface area (Å²) in [4.78, 5) is 9.96. The maximum Gasteiger partial charge on any atom is 0.345 e. The fraction of sp³-hybridized carbons (Fsp3) is 1.00. The predicted octanol–water partition coefficient (Wildman–Crippen LogP) is 2.79. The van der Waals surface area contributed by atoms with Crippen molar-refractivity contribution in [2.24, 2.45) is 0 Å². The molecule has 0 aromatic carbocycles. The summed E-state index contributed by atoms with van der Waals surface area (Å²) in [7, 11) is 1.50. The van der Waals surface area contributed by atoms with Gasteiger partial charge in [0.2, 0.25) is 0 Å². The fourth-order valence-electron chi connectivity index (χ4n) is 1.63. The topological polar surface area (TPSA) is 18.5 Å². The number of hydrogen-bond acceptors (Lipinski definition) is 2. The van der Waals surface area contributed by atoms with Gasteiger partial charge in [-0.25, -0.2) is 4.89 Å². The van der Waals surface area contributed by atoms with Crippen LogP contribution in [0.25, 0.3) is 0 Å². The molecule has 2 rings (SSSR count). The smallest absolute Gasteiger partial charge is 0.304 e. The molecule has 0 spiro atoms. The summed E-state index contributed by atoms with van der Waals surface area (Å²) in [6.45, 7) is 8.57. The van der Waals surface area contributed by atoms with Gasteiger partial charge in [0, 0.05) is 5.31 Å². The van der Waals surface area contributed by atoms with E-state index in [2.05, 4.69) is 13.8 Å². The van der Waals surface area contributed by atoms with Gasteiger partial charge in [-0.05, 0) is 6.92 Å². The first kappa shape index (κ1) is 12.1. The van der Waals surface area contributed by atoms with Crippen LogP contribution in [0.2, 0.25) is 24.8 Å². The summed E-state index contributed by atoms with van der Waals surface area (Å²) in [5, 5.41) is 0.167. The zero-order valence-electron chi connectivity index (χ0n) is 10.0. The van der Waals surface area contributed by atoms with Crippen molar-refractivity contribution in [3.05, 3.63) is 0 Å². The summed E-state index contributed by atoms with van der Waals surface area (Å²) in [5.41, 5.74) is 0. The summed E-state index contributed by atoms with van der Waals surface area (Å²) in [6, 6.07) is 0. The quantitative estimate of drug-likeness (QED) is 0.438. The summed E-state index contributed by atoms with van der Waals surface area (Å²) in [5.74, 6) is 0. The van der Waals surface area contributed by atoms with Gasteiger partial charge in [0.1, 0.15) is 7.28 Å². The van der Waals surface area contributed by atoms with Crippen molar-refractivity contribution in [2.75, 3.05) is 0 Å². The molecule has 2 heterocycles. The largest absolute Gasteiger partial charge is 0.345 e. The molecule has 1 atom stereocenters. The minimum Gasteiger partial charge on any atom is -0.304 e. The second kappa shape index (κ2) is 5.22. The van der Waals surface area contributed by atoms with Crippen molar-refractivity contribution < 1.29 is 9.69 Å². The molecule has 2 saturated heterocycles. The van der Waals surface area contributed by atoms with Gasteiger partial charge in [-0.1, -0.05) is 46.2 Å². The van der Waals surface area contributed by atoms with E-state index >= 15 is 0 Å². The van der Waals surface area contributed by atoms with Crippen LogP contribution in [-0.4, -0.2) is 20.3 Å². The molecule has 1 unspecified atom stereocenters. The SMILES string of the molecule is B1CCCC1.CB1OOC(C)C1(C)C. The van der Waals surface area contributed by atoms with Crippen molar-refractivity contribution in [3.8, 4) is 0 Å². The fourth-order valence-corrected chi connectivity index (χ4v) is 1.63. The Kier molecular flexibility index (Phi) is 4.52. The molecule has 0 bridgehead atoms. The van der Waals surface area contributed by atoms with Gasteiger partial charge >= 0.3 is 6.92 Å².